The van der Waals surface area contributed by atoms with Crippen molar-refractivity contribution in [1.29, 1.82) is 0 Å². The van der Waals surface area contributed by atoms with Crippen LogP contribution >= 0.6 is 11.3 Å². The van der Waals surface area contributed by atoms with Gasteiger partial charge in [-0.05, 0) is 67.0 Å². The third-order valence-electron chi connectivity index (χ3n) is 6.27. The summed E-state index contributed by atoms with van der Waals surface area (Å²) in [5.74, 6) is -0.699. The van der Waals surface area contributed by atoms with Gasteiger partial charge >= 0.3 is 5.97 Å². The van der Waals surface area contributed by atoms with Gasteiger partial charge in [0.25, 0.3) is 0 Å². The van der Waals surface area contributed by atoms with Gasteiger partial charge in [0.05, 0.1) is 6.10 Å². The number of aromatic carboxylic acids is 1. The quantitative estimate of drug-likeness (QED) is 0.459. The molecule has 0 spiro atoms. The predicted octanol–water partition coefficient (Wildman–Crippen LogP) is 4.91. The zero-order valence-electron chi connectivity index (χ0n) is 18.1. The molecule has 5 nitrogen and oxygen atoms in total. The molecule has 6 heteroatoms. The zero-order valence-corrected chi connectivity index (χ0v) is 18.9. The standard InChI is InChI=1S/C26H29NO4S/c28-22(17-18-7-8-19-4-1-2-5-20(19)16-18)11-9-21-10-14-25(29)27(21)15-3-6-23-12-13-24(32-23)26(30)31/h1-2,4-5,7-8,12-13,16,21-22,28H,3,6,9-11,14-15,17H2,(H,30,31)/t21-,22?/m0/s1. The van der Waals surface area contributed by atoms with Gasteiger partial charge in [-0.25, -0.2) is 4.79 Å². The third-order valence-corrected chi connectivity index (χ3v) is 7.40. The lowest BCUT2D eigenvalue weighted by Gasteiger charge is -2.25. The molecule has 1 amide bonds. The molecule has 2 N–H and O–H groups in total. The second-order valence-electron chi connectivity index (χ2n) is 8.57. The minimum Gasteiger partial charge on any atom is -0.477 e. The molecule has 0 aliphatic carbocycles. The van der Waals surface area contributed by atoms with Gasteiger partial charge in [0.2, 0.25) is 5.91 Å². The number of thiophene rings is 1. The van der Waals surface area contributed by atoms with Gasteiger partial charge in [0, 0.05) is 23.9 Å². The molecule has 1 unspecified atom stereocenters. The fourth-order valence-electron chi connectivity index (χ4n) is 4.58. The van der Waals surface area contributed by atoms with Gasteiger partial charge in [0.1, 0.15) is 4.88 Å². The van der Waals surface area contributed by atoms with Gasteiger partial charge in [0.15, 0.2) is 0 Å². The highest BCUT2D eigenvalue weighted by atomic mass is 32.1. The number of hydrogen-bond donors (Lipinski definition) is 2. The van der Waals surface area contributed by atoms with E-state index in [9.17, 15) is 14.7 Å². The smallest absolute Gasteiger partial charge is 0.345 e. The van der Waals surface area contributed by atoms with Gasteiger partial charge in [-0.3, -0.25) is 4.79 Å². The number of carboxylic acid groups (broad SMARTS) is 1. The molecule has 168 valence electrons. The summed E-state index contributed by atoms with van der Waals surface area (Å²) < 4.78 is 0. The molecular formula is C26H29NO4S. The Morgan fingerprint density at radius 1 is 1.12 bits per heavy atom. The number of likely N-dealkylation sites (tertiary alicyclic amines) is 1. The van der Waals surface area contributed by atoms with Crippen LogP contribution in [0.25, 0.3) is 10.8 Å². The number of nitrogens with zero attached hydrogens (tertiary/aromatic N) is 1. The van der Waals surface area contributed by atoms with Crippen LogP contribution < -0.4 is 0 Å². The first-order valence-electron chi connectivity index (χ1n) is 11.3. The Morgan fingerprint density at radius 3 is 2.72 bits per heavy atom. The van der Waals surface area contributed by atoms with E-state index >= 15 is 0 Å². The molecule has 2 atom stereocenters. The van der Waals surface area contributed by atoms with Gasteiger partial charge in [-0.2, -0.15) is 0 Å². The molecule has 0 bridgehead atoms. The number of carbonyl (C=O) groups is 2. The number of benzene rings is 2. The van der Waals surface area contributed by atoms with E-state index in [1.807, 2.05) is 23.1 Å². The summed E-state index contributed by atoms with van der Waals surface area (Å²) in [5, 5.41) is 22.0. The number of aliphatic hydroxyl groups excluding tert-OH is 1. The molecule has 0 saturated carbocycles. The van der Waals surface area contributed by atoms with Crippen molar-refractivity contribution in [2.75, 3.05) is 6.54 Å². The highest BCUT2D eigenvalue weighted by Gasteiger charge is 2.30. The van der Waals surface area contributed by atoms with E-state index in [1.165, 1.54) is 22.1 Å². The highest BCUT2D eigenvalue weighted by Crippen LogP contribution is 2.26. The number of fused-ring (bicyclic) bond motifs is 1. The normalized spacial score (nSPS) is 17.2. The summed E-state index contributed by atoms with van der Waals surface area (Å²) in [6, 6.07) is 18.2. The van der Waals surface area contributed by atoms with E-state index in [4.69, 9.17) is 5.11 Å². The molecule has 1 aromatic heterocycles. The number of amides is 1. The number of aliphatic hydroxyl groups is 1. The maximum absolute atomic E-state index is 12.4. The molecule has 32 heavy (non-hydrogen) atoms. The fraction of sp³-hybridized carbons (Fsp3) is 0.385. The maximum Gasteiger partial charge on any atom is 0.345 e. The van der Waals surface area contributed by atoms with E-state index in [-0.39, 0.29) is 11.9 Å². The molecule has 3 aromatic rings. The van der Waals surface area contributed by atoms with E-state index in [0.29, 0.717) is 30.7 Å². The lowest BCUT2D eigenvalue weighted by atomic mass is 9.98. The van der Waals surface area contributed by atoms with Gasteiger partial charge < -0.3 is 15.1 Å². The summed E-state index contributed by atoms with van der Waals surface area (Å²) in [6.45, 7) is 0.685. The Kier molecular flexibility index (Phi) is 7.22. The van der Waals surface area contributed by atoms with Crippen LogP contribution in [-0.4, -0.2) is 45.7 Å². The number of carboxylic acids is 1. The average Bonchev–Trinajstić information content (AvgIpc) is 3.40. The Labute approximate surface area is 192 Å². The monoisotopic (exact) mass is 451 g/mol. The fourth-order valence-corrected chi connectivity index (χ4v) is 5.46. The van der Waals surface area contributed by atoms with E-state index in [0.717, 1.165) is 36.1 Å². The number of carbonyl (C=O) groups excluding carboxylic acids is 1. The minimum atomic E-state index is -0.890. The molecule has 1 aliphatic rings. The van der Waals surface area contributed by atoms with Gasteiger partial charge in [-0.15, -0.1) is 11.3 Å². The van der Waals surface area contributed by atoms with Crippen molar-refractivity contribution in [3.8, 4) is 0 Å². The Morgan fingerprint density at radius 2 is 1.94 bits per heavy atom. The van der Waals surface area contributed by atoms with Crippen molar-refractivity contribution in [2.45, 2.75) is 57.1 Å². The molecule has 1 fully saturated rings. The van der Waals surface area contributed by atoms with Crippen molar-refractivity contribution < 1.29 is 19.8 Å². The van der Waals surface area contributed by atoms with Crippen LogP contribution in [0.1, 0.15) is 52.2 Å². The second-order valence-corrected chi connectivity index (χ2v) is 9.74. The maximum atomic E-state index is 12.4. The second kappa shape index (κ2) is 10.3. The third kappa shape index (κ3) is 5.56. The van der Waals surface area contributed by atoms with E-state index in [1.54, 1.807) is 6.07 Å². The van der Waals surface area contributed by atoms with Gasteiger partial charge in [-0.1, -0.05) is 42.5 Å². The largest absolute Gasteiger partial charge is 0.477 e. The van der Waals surface area contributed by atoms with E-state index in [2.05, 4.69) is 30.3 Å². The van der Waals surface area contributed by atoms with Crippen LogP contribution in [-0.2, 0) is 17.6 Å². The number of aryl methyl sites for hydroxylation is 1. The number of rotatable bonds is 10. The lowest BCUT2D eigenvalue weighted by molar-refractivity contribution is -0.129. The molecule has 0 radical (unpaired) electrons. The molecule has 1 saturated heterocycles. The van der Waals surface area contributed by atoms with Crippen LogP contribution in [0.3, 0.4) is 0 Å². The van der Waals surface area contributed by atoms with Crippen molar-refractivity contribution in [2.24, 2.45) is 0 Å². The first-order chi connectivity index (χ1) is 15.5. The molecule has 2 aromatic carbocycles. The van der Waals surface area contributed by atoms with Crippen LogP contribution in [0.5, 0.6) is 0 Å². The average molecular weight is 452 g/mol. The zero-order chi connectivity index (χ0) is 22.5. The Balaban J connectivity index is 1.25. The highest BCUT2D eigenvalue weighted by molar-refractivity contribution is 7.13. The summed E-state index contributed by atoms with van der Waals surface area (Å²) in [6.07, 6.45) is 4.71. The van der Waals surface area contributed by atoms with Crippen molar-refractivity contribution in [3.63, 3.8) is 0 Å². The Bertz CT molecular complexity index is 1090. The molecule has 2 heterocycles. The summed E-state index contributed by atoms with van der Waals surface area (Å²) in [7, 11) is 0. The van der Waals surface area contributed by atoms with Crippen molar-refractivity contribution in [3.05, 3.63) is 69.9 Å². The van der Waals surface area contributed by atoms with Crippen LogP contribution in [0.4, 0.5) is 0 Å². The van der Waals surface area contributed by atoms with Crippen molar-refractivity contribution >= 4 is 34.0 Å². The predicted molar refractivity (Wildman–Crippen MR) is 127 cm³/mol. The van der Waals surface area contributed by atoms with E-state index < -0.39 is 12.1 Å². The SMILES string of the molecule is O=C(O)c1ccc(CCCN2C(=O)CC[C@@H]2CCC(O)Cc2ccc3ccccc3c2)s1. The first kappa shape index (κ1) is 22.5. The summed E-state index contributed by atoms with van der Waals surface area (Å²) in [5.41, 5.74) is 1.13. The molecule has 4 rings (SSSR count). The van der Waals surface area contributed by atoms with Crippen LogP contribution in [0, 0.1) is 0 Å². The van der Waals surface area contributed by atoms with Crippen LogP contribution in [0.2, 0.25) is 0 Å². The molecular weight excluding hydrogens is 422 g/mol. The topological polar surface area (TPSA) is 77.8 Å². The molecule has 1 aliphatic heterocycles. The first-order valence-corrected chi connectivity index (χ1v) is 12.1. The summed E-state index contributed by atoms with van der Waals surface area (Å²) >= 11 is 1.30. The van der Waals surface area contributed by atoms with Crippen LogP contribution in [0.15, 0.2) is 54.6 Å². The summed E-state index contributed by atoms with van der Waals surface area (Å²) in [4.78, 5) is 26.8. The van der Waals surface area contributed by atoms with Crippen molar-refractivity contribution in [1.82, 2.24) is 4.90 Å². The Hall–Kier alpha value is -2.70. The lowest BCUT2D eigenvalue weighted by Crippen LogP contribution is -2.34. The number of hydrogen-bond acceptors (Lipinski definition) is 4. The minimum absolute atomic E-state index is 0.187.